The van der Waals surface area contributed by atoms with Gasteiger partial charge in [0, 0.05) is 37.3 Å². The van der Waals surface area contributed by atoms with E-state index in [1.54, 1.807) is 30.4 Å². The zero-order valence-electron chi connectivity index (χ0n) is 18.0. The molecule has 0 bridgehead atoms. The third-order valence-corrected chi connectivity index (χ3v) is 5.92. The SMILES string of the molecule is Cc1ncn(CC(=O)N2CCCC(c3nn(C)c(=O)n3-c3ccccc3)C2)c(=O)c1C. The molecule has 1 amide bonds. The second-order valence-electron chi connectivity index (χ2n) is 8.00. The number of carbonyl (C=O) groups excluding carboxylic acids is 1. The number of aryl methyl sites for hydroxylation is 2. The summed E-state index contributed by atoms with van der Waals surface area (Å²) in [6, 6.07) is 9.40. The fourth-order valence-electron chi connectivity index (χ4n) is 4.02. The van der Waals surface area contributed by atoms with Crippen molar-refractivity contribution in [3.05, 3.63) is 74.6 Å². The van der Waals surface area contributed by atoms with Gasteiger partial charge in [0.2, 0.25) is 5.91 Å². The van der Waals surface area contributed by atoms with E-state index in [-0.39, 0.29) is 29.6 Å². The topological polar surface area (TPSA) is 95.0 Å². The van der Waals surface area contributed by atoms with Gasteiger partial charge in [0.1, 0.15) is 12.4 Å². The molecule has 3 aromatic rings. The van der Waals surface area contributed by atoms with Crippen LogP contribution in [0.5, 0.6) is 0 Å². The van der Waals surface area contributed by atoms with Crippen LogP contribution in [0.15, 0.2) is 46.2 Å². The molecule has 1 atom stereocenters. The summed E-state index contributed by atoms with van der Waals surface area (Å²) in [6.07, 6.45) is 3.06. The third-order valence-electron chi connectivity index (χ3n) is 5.92. The average Bonchev–Trinajstić information content (AvgIpc) is 3.09. The lowest BCUT2D eigenvalue weighted by atomic mass is 9.97. The first-order valence-electron chi connectivity index (χ1n) is 10.4. The predicted molar refractivity (Wildman–Crippen MR) is 115 cm³/mol. The van der Waals surface area contributed by atoms with Crippen molar-refractivity contribution in [3.63, 3.8) is 0 Å². The van der Waals surface area contributed by atoms with Crippen LogP contribution >= 0.6 is 0 Å². The average molecular weight is 422 g/mol. The van der Waals surface area contributed by atoms with E-state index in [2.05, 4.69) is 10.1 Å². The Morgan fingerprint density at radius 2 is 1.90 bits per heavy atom. The third kappa shape index (κ3) is 3.95. The Balaban J connectivity index is 1.58. The van der Waals surface area contributed by atoms with Gasteiger partial charge >= 0.3 is 5.69 Å². The Hall–Kier alpha value is -3.49. The first-order chi connectivity index (χ1) is 14.9. The van der Waals surface area contributed by atoms with Gasteiger partial charge < -0.3 is 4.90 Å². The van der Waals surface area contributed by atoms with Gasteiger partial charge in [-0.05, 0) is 38.8 Å². The molecule has 31 heavy (non-hydrogen) atoms. The van der Waals surface area contributed by atoms with Crippen LogP contribution in [0.1, 0.15) is 35.8 Å². The van der Waals surface area contributed by atoms with Crippen molar-refractivity contribution in [2.45, 2.75) is 39.2 Å². The zero-order chi connectivity index (χ0) is 22.1. The molecular weight excluding hydrogens is 396 g/mol. The second-order valence-corrected chi connectivity index (χ2v) is 8.00. The normalized spacial score (nSPS) is 16.5. The molecule has 1 saturated heterocycles. The number of likely N-dealkylation sites (tertiary alicyclic amines) is 1. The van der Waals surface area contributed by atoms with E-state index >= 15 is 0 Å². The van der Waals surface area contributed by atoms with Crippen LogP contribution in [0.2, 0.25) is 0 Å². The van der Waals surface area contributed by atoms with Crippen molar-refractivity contribution in [3.8, 4) is 5.69 Å². The van der Waals surface area contributed by atoms with Crippen LogP contribution in [0.3, 0.4) is 0 Å². The maximum Gasteiger partial charge on any atom is 0.350 e. The van der Waals surface area contributed by atoms with E-state index < -0.39 is 0 Å². The van der Waals surface area contributed by atoms with Gasteiger partial charge in [-0.15, -0.1) is 0 Å². The van der Waals surface area contributed by atoms with Crippen LogP contribution in [0, 0.1) is 13.8 Å². The van der Waals surface area contributed by atoms with Gasteiger partial charge in [-0.25, -0.2) is 19.0 Å². The number of carbonyl (C=O) groups is 1. The van der Waals surface area contributed by atoms with Crippen molar-refractivity contribution in [2.24, 2.45) is 7.05 Å². The Bertz CT molecular complexity index is 1220. The molecule has 0 saturated carbocycles. The molecule has 2 aromatic heterocycles. The highest BCUT2D eigenvalue weighted by atomic mass is 16.2. The Kier molecular flexibility index (Phi) is 5.58. The molecule has 1 aliphatic rings. The Labute approximate surface area is 179 Å². The number of amides is 1. The second kappa shape index (κ2) is 8.33. The highest BCUT2D eigenvalue weighted by Gasteiger charge is 2.30. The summed E-state index contributed by atoms with van der Waals surface area (Å²) >= 11 is 0. The van der Waals surface area contributed by atoms with Crippen LogP contribution in [-0.4, -0.2) is 47.8 Å². The highest BCUT2D eigenvalue weighted by molar-refractivity contribution is 5.76. The molecule has 0 N–H and O–H groups in total. The van der Waals surface area contributed by atoms with Crippen molar-refractivity contribution in [1.29, 1.82) is 0 Å². The van der Waals surface area contributed by atoms with Crippen LogP contribution in [-0.2, 0) is 18.4 Å². The molecule has 9 nitrogen and oxygen atoms in total. The van der Waals surface area contributed by atoms with Crippen LogP contribution in [0.4, 0.5) is 0 Å². The molecule has 0 spiro atoms. The van der Waals surface area contributed by atoms with Crippen LogP contribution in [0.25, 0.3) is 5.69 Å². The molecule has 1 fully saturated rings. The first kappa shape index (κ1) is 20.8. The van der Waals surface area contributed by atoms with E-state index in [0.717, 1.165) is 18.5 Å². The highest BCUT2D eigenvalue weighted by Crippen LogP contribution is 2.26. The first-order valence-corrected chi connectivity index (χ1v) is 10.4. The van der Waals surface area contributed by atoms with Gasteiger partial charge in [-0.2, -0.15) is 5.10 Å². The Morgan fingerprint density at radius 3 is 2.65 bits per heavy atom. The summed E-state index contributed by atoms with van der Waals surface area (Å²) in [5.41, 5.74) is 1.56. The summed E-state index contributed by atoms with van der Waals surface area (Å²) in [5, 5.41) is 4.49. The minimum Gasteiger partial charge on any atom is -0.340 e. The summed E-state index contributed by atoms with van der Waals surface area (Å²) in [6.45, 7) is 4.51. The molecule has 162 valence electrons. The van der Waals surface area contributed by atoms with Gasteiger partial charge in [-0.1, -0.05) is 18.2 Å². The largest absolute Gasteiger partial charge is 0.350 e. The fourth-order valence-corrected chi connectivity index (χ4v) is 4.02. The van der Waals surface area contributed by atoms with Crippen molar-refractivity contribution in [1.82, 2.24) is 28.8 Å². The minimum atomic E-state index is -0.211. The zero-order valence-corrected chi connectivity index (χ0v) is 18.0. The number of piperidine rings is 1. The molecule has 1 aliphatic heterocycles. The summed E-state index contributed by atoms with van der Waals surface area (Å²) < 4.78 is 4.31. The number of hydrogen-bond acceptors (Lipinski definition) is 5. The van der Waals surface area contributed by atoms with Crippen molar-refractivity contribution >= 4 is 5.91 Å². The number of benzene rings is 1. The maximum atomic E-state index is 13.0. The van der Waals surface area contributed by atoms with Gasteiger partial charge in [0.25, 0.3) is 5.56 Å². The summed E-state index contributed by atoms with van der Waals surface area (Å²) in [7, 11) is 1.64. The van der Waals surface area contributed by atoms with Crippen LogP contribution < -0.4 is 11.2 Å². The van der Waals surface area contributed by atoms with E-state index in [1.165, 1.54) is 15.6 Å². The molecule has 1 unspecified atom stereocenters. The molecule has 9 heteroatoms. The van der Waals surface area contributed by atoms with Gasteiger partial charge in [0.05, 0.1) is 12.0 Å². The summed E-state index contributed by atoms with van der Waals surface area (Å²) in [5.74, 6) is 0.448. The van der Waals surface area contributed by atoms with E-state index in [4.69, 9.17) is 0 Å². The number of rotatable bonds is 4. The van der Waals surface area contributed by atoms with Gasteiger partial charge in [0.15, 0.2) is 0 Å². The lowest BCUT2D eigenvalue weighted by molar-refractivity contribution is -0.133. The quantitative estimate of drug-likeness (QED) is 0.629. The molecule has 4 rings (SSSR count). The standard InChI is InChI=1S/C22H26N6O3/c1-15-16(2)23-14-27(21(15)30)13-19(29)26-11-7-8-17(12-26)20-24-25(3)22(31)28(20)18-9-5-4-6-10-18/h4-6,9-10,14,17H,7-8,11-13H2,1-3H3. The lowest BCUT2D eigenvalue weighted by Gasteiger charge is -2.32. The van der Waals surface area contributed by atoms with Crippen molar-refractivity contribution in [2.75, 3.05) is 13.1 Å². The van der Waals surface area contributed by atoms with Crippen molar-refractivity contribution < 1.29 is 4.79 Å². The number of aromatic nitrogens is 5. The fraction of sp³-hybridized carbons (Fsp3) is 0.409. The maximum absolute atomic E-state index is 13.0. The molecule has 1 aromatic carbocycles. The lowest BCUT2D eigenvalue weighted by Crippen LogP contribution is -2.43. The van der Waals surface area contributed by atoms with E-state index in [0.29, 0.717) is 30.2 Å². The smallest absolute Gasteiger partial charge is 0.340 e. The number of hydrogen-bond donors (Lipinski definition) is 0. The number of para-hydroxylation sites is 1. The molecule has 0 radical (unpaired) electrons. The monoisotopic (exact) mass is 422 g/mol. The van der Waals surface area contributed by atoms with E-state index in [9.17, 15) is 14.4 Å². The van der Waals surface area contributed by atoms with E-state index in [1.807, 2.05) is 30.3 Å². The summed E-state index contributed by atoms with van der Waals surface area (Å²) in [4.78, 5) is 44.1. The molecular formula is C22H26N6O3. The molecule has 0 aliphatic carbocycles. The van der Waals surface area contributed by atoms with Gasteiger partial charge in [-0.3, -0.25) is 14.2 Å². The Morgan fingerprint density at radius 1 is 1.16 bits per heavy atom. The molecule has 3 heterocycles. The number of nitrogens with zero attached hydrogens (tertiary/aromatic N) is 6. The minimum absolute atomic E-state index is 0.0482. The predicted octanol–water partition coefficient (Wildman–Crippen LogP) is 1.15.